The first-order chi connectivity index (χ1) is 12.0. The molecule has 2 heterocycles. The molecular weight excluding hydrogens is 384 g/mol. The number of carbonyl (C=O) groups excluding carboxylic acids is 1. The van der Waals surface area contributed by atoms with E-state index >= 15 is 0 Å². The van der Waals surface area contributed by atoms with Crippen LogP contribution in [-0.4, -0.2) is 26.8 Å². The van der Waals surface area contributed by atoms with Gasteiger partial charge in [-0.05, 0) is 54.0 Å². The Morgan fingerprint density at radius 1 is 1.24 bits per heavy atom. The van der Waals surface area contributed by atoms with Crippen LogP contribution in [0.1, 0.15) is 12.6 Å². The molecule has 2 aromatic heterocycles. The number of para-hydroxylation sites is 1. The van der Waals surface area contributed by atoms with Crippen molar-refractivity contribution in [2.75, 3.05) is 5.32 Å². The number of halogens is 1. The van der Waals surface area contributed by atoms with Crippen LogP contribution < -0.4 is 10.1 Å². The molecule has 0 aliphatic heterocycles. The van der Waals surface area contributed by atoms with Crippen LogP contribution in [0.15, 0.2) is 59.3 Å². The van der Waals surface area contributed by atoms with E-state index < -0.39 is 6.10 Å². The molecule has 1 atom stereocenters. The van der Waals surface area contributed by atoms with Crippen LogP contribution in [-0.2, 0) is 4.79 Å². The van der Waals surface area contributed by atoms with Gasteiger partial charge in [0.15, 0.2) is 6.10 Å². The molecule has 0 bridgehead atoms. The molecule has 7 heteroatoms. The quantitative estimate of drug-likeness (QED) is 0.707. The number of carbonyl (C=O) groups is 1. The summed E-state index contributed by atoms with van der Waals surface area (Å²) in [6.07, 6.45) is 2.76. The molecule has 1 aromatic carbocycles. The van der Waals surface area contributed by atoms with Crippen molar-refractivity contribution in [3.8, 4) is 11.6 Å². The predicted molar refractivity (Wildman–Crippen MR) is 99.0 cm³/mol. The number of anilines is 1. The van der Waals surface area contributed by atoms with Crippen molar-refractivity contribution in [1.82, 2.24) is 14.8 Å². The van der Waals surface area contributed by atoms with E-state index in [0.29, 0.717) is 16.0 Å². The highest BCUT2D eigenvalue weighted by Crippen LogP contribution is 2.25. The summed E-state index contributed by atoms with van der Waals surface area (Å²) in [6, 6.07) is 13.2. The van der Waals surface area contributed by atoms with E-state index in [1.807, 2.05) is 37.3 Å². The molecule has 0 spiro atoms. The first-order valence-corrected chi connectivity index (χ1v) is 8.53. The molecule has 1 N–H and O–H groups in total. The van der Waals surface area contributed by atoms with Crippen molar-refractivity contribution >= 4 is 27.5 Å². The summed E-state index contributed by atoms with van der Waals surface area (Å²) in [5.74, 6) is 0.0895. The van der Waals surface area contributed by atoms with Crippen molar-refractivity contribution in [3.63, 3.8) is 0 Å². The topological polar surface area (TPSA) is 69.0 Å². The fourth-order valence-electron chi connectivity index (χ4n) is 2.20. The molecule has 3 rings (SSSR count). The van der Waals surface area contributed by atoms with E-state index in [2.05, 4.69) is 31.3 Å². The van der Waals surface area contributed by atoms with Gasteiger partial charge >= 0.3 is 0 Å². The van der Waals surface area contributed by atoms with Crippen LogP contribution >= 0.6 is 15.9 Å². The van der Waals surface area contributed by atoms with Crippen molar-refractivity contribution in [1.29, 1.82) is 0 Å². The SMILES string of the molecule is Cc1ncccc1NC(=O)[C@H](C)Oc1nn(-c2ccccc2)cc1Br. The third-order valence-electron chi connectivity index (χ3n) is 3.58. The zero-order chi connectivity index (χ0) is 17.8. The lowest BCUT2D eigenvalue weighted by atomic mass is 10.3. The van der Waals surface area contributed by atoms with Gasteiger partial charge in [-0.15, -0.1) is 5.10 Å². The maximum Gasteiger partial charge on any atom is 0.265 e. The number of nitrogens with zero attached hydrogens (tertiary/aromatic N) is 3. The molecule has 0 unspecified atom stereocenters. The minimum atomic E-state index is -0.713. The predicted octanol–water partition coefficient (Wildman–Crippen LogP) is 3.74. The minimum absolute atomic E-state index is 0.266. The molecular formula is C18H17BrN4O2. The second-order valence-corrected chi connectivity index (χ2v) is 6.30. The molecule has 0 saturated heterocycles. The number of ether oxygens (including phenoxy) is 1. The summed E-state index contributed by atoms with van der Waals surface area (Å²) in [5.41, 5.74) is 2.32. The van der Waals surface area contributed by atoms with E-state index in [1.54, 1.807) is 36.1 Å². The van der Waals surface area contributed by atoms with Crippen molar-refractivity contribution < 1.29 is 9.53 Å². The van der Waals surface area contributed by atoms with Gasteiger partial charge in [0.05, 0.1) is 21.5 Å². The van der Waals surface area contributed by atoms with Gasteiger partial charge in [0.2, 0.25) is 5.88 Å². The molecule has 25 heavy (non-hydrogen) atoms. The summed E-state index contributed by atoms with van der Waals surface area (Å²) in [4.78, 5) is 16.5. The van der Waals surface area contributed by atoms with Crippen LogP contribution in [0, 0.1) is 6.92 Å². The number of rotatable bonds is 5. The molecule has 1 amide bonds. The molecule has 0 saturated carbocycles. The number of aromatic nitrogens is 3. The molecule has 0 aliphatic rings. The maximum absolute atomic E-state index is 12.3. The maximum atomic E-state index is 12.3. The van der Waals surface area contributed by atoms with Gasteiger partial charge < -0.3 is 10.1 Å². The Balaban J connectivity index is 1.71. The molecule has 3 aromatic rings. The fraction of sp³-hybridized carbons (Fsp3) is 0.167. The number of amides is 1. The van der Waals surface area contributed by atoms with Crippen LogP contribution in [0.3, 0.4) is 0 Å². The highest BCUT2D eigenvalue weighted by molar-refractivity contribution is 9.10. The average molecular weight is 401 g/mol. The van der Waals surface area contributed by atoms with Gasteiger partial charge in [0.1, 0.15) is 0 Å². The van der Waals surface area contributed by atoms with Crippen LogP contribution in [0.2, 0.25) is 0 Å². The zero-order valence-corrected chi connectivity index (χ0v) is 15.4. The highest BCUT2D eigenvalue weighted by atomic mass is 79.9. The molecule has 0 fully saturated rings. The van der Waals surface area contributed by atoms with Crippen LogP contribution in [0.5, 0.6) is 5.88 Å². The number of pyridine rings is 1. The normalized spacial score (nSPS) is 11.8. The number of nitrogens with one attached hydrogen (secondary N) is 1. The third-order valence-corrected chi connectivity index (χ3v) is 4.13. The van der Waals surface area contributed by atoms with Gasteiger partial charge in [-0.25, -0.2) is 4.68 Å². The Hall–Kier alpha value is -2.67. The lowest BCUT2D eigenvalue weighted by Gasteiger charge is -2.14. The number of aryl methyl sites for hydroxylation is 1. The van der Waals surface area contributed by atoms with E-state index in [4.69, 9.17) is 4.74 Å². The second kappa shape index (κ2) is 7.48. The Morgan fingerprint density at radius 3 is 2.72 bits per heavy atom. The molecule has 0 radical (unpaired) electrons. The van der Waals surface area contributed by atoms with Crippen LogP contribution in [0.25, 0.3) is 5.69 Å². The van der Waals surface area contributed by atoms with E-state index in [9.17, 15) is 4.79 Å². The zero-order valence-electron chi connectivity index (χ0n) is 13.8. The largest absolute Gasteiger partial charge is 0.463 e. The standard InChI is InChI=1S/C18H17BrN4O2/c1-12-16(9-6-10-20-12)21-17(24)13(2)25-18-15(19)11-23(22-18)14-7-4-3-5-8-14/h3-11,13H,1-2H3,(H,21,24)/t13-/m0/s1. The van der Waals surface area contributed by atoms with Crippen molar-refractivity contribution in [3.05, 3.63) is 65.0 Å². The van der Waals surface area contributed by atoms with E-state index in [1.165, 1.54) is 0 Å². The molecule has 128 valence electrons. The molecule has 6 nitrogen and oxygen atoms in total. The first kappa shape index (κ1) is 17.2. The van der Waals surface area contributed by atoms with Crippen molar-refractivity contribution in [2.24, 2.45) is 0 Å². The lowest BCUT2D eigenvalue weighted by Crippen LogP contribution is -2.30. The second-order valence-electron chi connectivity index (χ2n) is 5.45. The summed E-state index contributed by atoms with van der Waals surface area (Å²) in [6.45, 7) is 3.51. The van der Waals surface area contributed by atoms with Gasteiger partial charge in [-0.3, -0.25) is 9.78 Å². The van der Waals surface area contributed by atoms with Crippen LogP contribution in [0.4, 0.5) is 5.69 Å². The van der Waals surface area contributed by atoms with Gasteiger partial charge in [0, 0.05) is 12.4 Å². The van der Waals surface area contributed by atoms with Gasteiger partial charge in [-0.1, -0.05) is 18.2 Å². The van der Waals surface area contributed by atoms with Gasteiger partial charge in [0.25, 0.3) is 5.91 Å². The fourth-order valence-corrected chi connectivity index (χ4v) is 2.57. The van der Waals surface area contributed by atoms with Crippen molar-refractivity contribution in [2.45, 2.75) is 20.0 Å². The summed E-state index contributed by atoms with van der Waals surface area (Å²) < 4.78 is 8.07. The summed E-state index contributed by atoms with van der Waals surface area (Å²) in [7, 11) is 0. The number of benzene rings is 1. The Bertz CT molecular complexity index is 880. The smallest absolute Gasteiger partial charge is 0.265 e. The summed E-state index contributed by atoms with van der Waals surface area (Å²) >= 11 is 3.42. The Labute approximate surface area is 154 Å². The first-order valence-electron chi connectivity index (χ1n) is 7.74. The number of hydrogen-bond donors (Lipinski definition) is 1. The third kappa shape index (κ3) is 4.06. The number of hydrogen-bond acceptors (Lipinski definition) is 4. The van der Waals surface area contributed by atoms with Gasteiger partial charge in [-0.2, -0.15) is 0 Å². The molecule has 0 aliphatic carbocycles. The lowest BCUT2D eigenvalue weighted by molar-refractivity contribution is -0.122. The monoisotopic (exact) mass is 400 g/mol. The Kier molecular flexibility index (Phi) is 5.14. The van der Waals surface area contributed by atoms with E-state index in [-0.39, 0.29) is 5.91 Å². The minimum Gasteiger partial charge on any atom is -0.463 e. The van der Waals surface area contributed by atoms with E-state index in [0.717, 1.165) is 11.4 Å². The summed E-state index contributed by atoms with van der Waals surface area (Å²) in [5, 5.41) is 7.19. The average Bonchev–Trinajstić information content (AvgIpc) is 2.98. The Morgan fingerprint density at radius 2 is 2.00 bits per heavy atom. The highest BCUT2D eigenvalue weighted by Gasteiger charge is 2.19.